The van der Waals surface area contributed by atoms with Gasteiger partial charge in [0.1, 0.15) is 10.8 Å². The fraction of sp³-hybridized carbons (Fsp3) is 0.111. The average Bonchev–Trinajstić information content (AvgIpc) is 3.10. The first-order chi connectivity index (χ1) is 13.0. The third-order valence-electron chi connectivity index (χ3n) is 3.57. The number of aromatic nitrogens is 1. The third-order valence-corrected chi connectivity index (χ3v) is 4.82. The van der Waals surface area contributed by atoms with Gasteiger partial charge in [0.05, 0.1) is 35.2 Å². The minimum absolute atomic E-state index is 0.121. The number of nitro groups is 1. The van der Waals surface area contributed by atoms with Crippen molar-refractivity contribution < 1.29 is 19.2 Å². The van der Waals surface area contributed by atoms with E-state index in [1.54, 1.807) is 11.4 Å². The van der Waals surface area contributed by atoms with Crippen molar-refractivity contribution in [2.75, 3.05) is 7.11 Å². The third kappa shape index (κ3) is 4.42. The number of carbonyl (C=O) groups is 1. The Bertz CT molecular complexity index is 1000. The van der Waals surface area contributed by atoms with Gasteiger partial charge in [0.15, 0.2) is 0 Å². The second-order valence-electron chi connectivity index (χ2n) is 5.37. The first-order valence-electron chi connectivity index (χ1n) is 7.70. The fourth-order valence-corrected chi connectivity index (χ4v) is 3.45. The molecule has 0 bridgehead atoms. The largest absolute Gasteiger partial charge is 0.496 e. The van der Waals surface area contributed by atoms with Crippen LogP contribution in [0.25, 0.3) is 10.6 Å². The van der Waals surface area contributed by atoms with Crippen LogP contribution < -0.4 is 9.47 Å². The van der Waals surface area contributed by atoms with Crippen molar-refractivity contribution in [2.24, 2.45) is 0 Å². The molecule has 1 heterocycles. The topological polar surface area (TPSA) is 91.6 Å². The zero-order valence-corrected chi connectivity index (χ0v) is 15.6. The lowest BCUT2D eigenvalue weighted by Gasteiger charge is -2.06. The molecule has 7 nitrogen and oxygen atoms in total. The molecule has 0 saturated carbocycles. The van der Waals surface area contributed by atoms with Gasteiger partial charge >= 0.3 is 11.7 Å². The summed E-state index contributed by atoms with van der Waals surface area (Å²) in [6.07, 6.45) is -0.121. The van der Waals surface area contributed by atoms with Crippen molar-refractivity contribution in [3.05, 3.63) is 68.7 Å². The highest BCUT2D eigenvalue weighted by Crippen LogP contribution is 2.32. The number of methoxy groups -OCH3 is 1. The molecule has 1 aromatic heterocycles. The van der Waals surface area contributed by atoms with Crippen LogP contribution in [0, 0.1) is 10.1 Å². The van der Waals surface area contributed by atoms with Crippen LogP contribution in [-0.2, 0) is 11.2 Å². The van der Waals surface area contributed by atoms with Crippen molar-refractivity contribution >= 4 is 34.6 Å². The average molecular weight is 405 g/mol. The van der Waals surface area contributed by atoms with E-state index in [1.165, 1.54) is 36.6 Å². The van der Waals surface area contributed by atoms with E-state index in [-0.39, 0.29) is 17.9 Å². The maximum Gasteiger partial charge on any atom is 0.317 e. The van der Waals surface area contributed by atoms with Crippen LogP contribution in [0.4, 0.5) is 5.69 Å². The van der Waals surface area contributed by atoms with Gasteiger partial charge < -0.3 is 9.47 Å². The van der Waals surface area contributed by atoms with Crippen LogP contribution in [-0.4, -0.2) is 23.0 Å². The lowest BCUT2D eigenvalue weighted by Crippen LogP contribution is -2.12. The molecule has 0 unspecified atom stereocenters. The highest BCUT2D eigenvalue weighted by atomic mass is 35.5. The number of thiazole rings is 1. The van der Waals surface area contributed by atoms with E-state index in [4.69, 9.17) is 21.1 Å². The summed E-state index contributed by atoms with van der Waals surface area (Å²) in [6, 6.07) is 11.3. The molecule has 3 rings (SSSR count). The smallest absolute Gasteiger partial charge is 0.317 e. The Morgan fingerprint density at radius 3 is 2.78 bits per heavy atom. The van der Waals surface area contributed by atoms with Crippen LogP contribution >= 0.6 is 22.9 Å². The quantitative estimate of drug-likeness (QED) is 0.259. The standard InChI is InChI=1S/C18H13ClN2O5S/c1-25-12-6-7-16(15(9-12)21(23)24)26-17(22)8-11-10-27-18(20-11)13-4-2-3-5-14(13)19/h2-7,9-10H,8H2,1H3. The summed E-state index contributed by atoms with van der Waals surface area (Å²) < 4.78 is 10.1. The number of rotatable bonds is 6. The zero-order chi connectivity index (χ0) is 19.4. The molecule has 27 heavy (non-hydrogen) atoms. The Kier molecular flexibility index (Phi) is 5.68. The second-order valence-corrected chi connectivity index (χ2v) is 6.63. The predicted octanol–water partition coefficient (Wildman–Crippen LogP) is 4.53. The first kappa shape index (κ1) is 18.8. The number of ether oxygens (including phenoxy) is 2. The molecule has 0 amide bonds. The molecule has 0 fully saturated rings. The van der Waals surface area contributed by atoms with Crippen molar-refractivity contribution in [3.8, 4) is 22.1 Å². The van der Waals surface area contributed by atoms with Gasteiger partial charge in [-0.3, -0.25) is 14.9 Å². The molecule has 0 aliphatic rings. The SMILES string of the molecule is COc1ccc(OC(=O)Cc2csc(-c3ccccc3Cl)n2)c([N+](=O)[O-])c1. The molecular weight excluding hydrogens is 392 g/mol. The summed E-state index contributed by atoms with van der Waals surface area (Å²) in [4.78, 5) is 27.1. The predicted molar refractivity (Wildman–Crippen MR) is 102 cm³/mol. The Balaban J connectivity index is 1.74. The van der Waals surface area contributed by atoms with Gasteiger partial charge in [0.25, 0.3) is 0 Å². The van der Waals surface area contributed by atoms with E-state index in [1.807, 2.05) is 18.2 Å². The fourth-order valence-electron chi connectivity index (χ4n) is 2.31. The van der Waals surface area contributed by atoms with Crippen LogP contribution in [0.1, 0.15) is 5.69 Å². The van der Waals surface area contributed by atoms with Crippen LogP contribution in [0.2, 0.25) is 5.02 Å². The monoisotopic (exact) mass is 404 g/mol. The molecule has 0 aliphatic heterocycles. The van der Waals surface area contributed by atoms with Crippen LogP contribution in [0.3, 0.4) is 0 Å². The van der Waals surface area contributed by atoms with Gasteiger partial charge in [-0.05, 0) is 18.2 Å². The van der Waals surface area contributed by atoms with Crippen molar-refractivity contribution in [1.82, 2.24) is 4.98 Å². The molecule has 0 atom stereocenters. The molecule has 138 valence electrons. The van der Waals surface area contributed by atoms with Crippen LogP contribution in [0.15, 0.2) is 47.8 Å². The number of benzene rings is 2. The van der Waals surface area contributed by atoms with Gasteiger partial charge in [0, 0.05) is 10.9 Å². The molecule has 9 heteroatoms. The molecule has 0 radical (unpaired) electrons. The van der Waals surface area contributed by atoms with E-state index in [0.717, 1.165) is 5.56 Å². The number of halogens is 1. The molecule has 3 aromatic rings. The number of hydrogen-bond donors (Lipinski definition) is 0. The minimum Gasteiger partial charge on any atom is -0.496 e. The summed E-state index contributed by atoms with van der Waals surface area (Å²) in [5.74, 6) is -0.503. The maximum atomic E-state index is 12.2. The molecule has 0 N–H and O–H groups in total. The summed E-state index contributed by atoms with van der Waals surface area (Å²) in [6.45, 7) is 0. The van der Waals surface area contributed by atoms with E-state index >= 15 is 0 Å². The van der Waals surface area contributed by atoms with Gasteiger partial charge in [0.2, 0.25) is 5.75 Å². The van der Waals surface area contributed by atoms with E-state index in [0.29, 0.717) is 21.5 Å². The Hall–Kier alpha value is -2.97. The minimum atomic E-state index is -0.653. The molecule has 0 spiro atoms. The lowest BCUT2D eigenvalue weighted by molar-refractivity contribution is -0.385. The summed E-state index contributed by atoms with van der Waals surface area (Å²) in [7, 11) is 1.39. The molecular formula is C18H13ClN2O5S. The highest BCUT2D eigenvalue weighted by Gasteiger charge is 2.20. The van der Waals surface area contributed by atoms with Crippen molar-refractivity contribution in [1.29, 1.82) is 0 Å². The first-order valence-corrected chi connectivity index (χ1v) is 8.96. The number of hydrogen-bond acceptors (Lipinski definition) is 7. The zero-order valence-electron chi connectivity index (χ0n) is 14.0. The van der Waals surface area contributed by atoms with E-state index in [2.05, 4.69) is 4.98 Å². The van der Waals surface area contributed by atoms with Crippen molar-refractivity contribution in [2.45, 2.75) is 6.42 Å². The van der Waals surface area contributed by atoms with Crippen molar-refractivity contribution in [3.63, 3.8) is 0 Å². The highest BCUT2D eigenvalue weighted by molar-refractivity contribution is 7.13. The van der Waals surface area contributed by atoms with Crippen LogP contribution in [0.5, 0.6) is 11.5 Å². The normalized spacial score (nSPS) is 10.4. The summed E-state index contributed by atoms with van der Waals surface area (Å²) >= 11 is 7.50. The van der Waals surface area contributed by atoms with Gasteiger partial charge in [-0.2, -0.15) is 0 Å². The number of nitro benzene ring substituents is 1. The van der Waals surface area contributed by atoms with Gasteiger partial charge in [-0.15, -0.1) is 11.3 Å². The Morgan fingerprint density at radius 1 is 1.30 bits per heavy atom. The maximum absolute atomic E-state index is 12.2. The van der Waals surface area contributed by atoms with Gasteiger partial charge in [-0.1, -0.05) is 29.8 Å². The lowest BCUT2D eigenvalue weighted by atomic mass is 10.2. The van der Waals surface area contributed by atoms with E-state index in [9.17, 15) is 14.9 Å². The molecule has 2 aromatic carbocycles. The molecule has 0 aliphatic carbocycles. The Labute approximate surface area is 163 Å². The number of nitrogens with zero attached hydrogens (tertiary/aromatic N) is 2. The number of esters is 1. The van der Waals surface area contributed by atoms with E-state index < -0.39 is 10.9 Å². The number of carbonyl (C=O) groups excluding carboxylic acids is 1. The Morgan fingerprint density at radius 2 is 2.07 bits per heavy atom. The molecule has 0 saturated heterocycles. The van der Waals surface area contributed by atoms with Gasteiger partial charge in [-0.25, -0.2) is 4.98 Å². The summed E-state index contributed by atoms with van der Waals surface area (Å²) in [5.41, 5.74) is 0.920. The second kappa shape index (κ2) is 8.15. The summed E-state index contributed by atoms with van der Waals surface area (Å²) in [5, 5.41) is 14.1.